The number of hydrogen-bond acceptors (Lipinski definition) is 6. The normalized spacial score (nSPS) is 22.7. The molecule has 0 saturated heterocycles. The van der Waals surface area contributed by atoms with Crippen LogP contribution in [-0.2, 0) is 0 Å². The van der Waals surface area contributed by atoms with Crippen LogP contribution in [0.5, 0.6) is 0 Å². The van der Waals surface area contributed by atoms with E-state index in [1.54, 1.807) is 10.8 Å². The second kappa shape index (κ2) is 6.56. The summed E-state index contributed by atoms with van der Waals surface area (Å²) in [5.74, 6) is 0.625. The summed E-state index contributed by atoms with van der Waals surface area (Å²) in [6, 6.07) is 4.27. The maximum absolute atomic E-state index is 10.4. The van der Waals surface area contributed by atoms with Crippen LogP contribution in [0.4, 0.5) is 5.95 Å². The fraction of sp³-hybridized carbons (Fsp3) is 0.400. The number of H-pyrrole nitrogens is 1. The van der Waals surface area contributed by atoms with Crippen LogP contribution < -0.4 is 5.32 Å². The number of nitrogens with zero attached hydrogens (tertiary/aromatic N) is 5. The largest absolute Gasteiger partial charge is 0.390 e. The first-order chi connectivity index (χ1) is 13.6. The minimum atomic E-state index is -0.497. The zero-order valence-electron chi connectivity index (χ0n) is 15.8. The average Bonchev–Trinajstić information content (AvgIpc) is 3.35. The molecule has 0 aromatic carbocycles. The van der Waals surface area contributed by atoms with Crippen LogP contribution in [0.1, 0.15) is 39.0 Å². The maximum Gasteiger partial charge on any atom is 0.224 e. The van der Waals surface area contributed by atoms with Crippen molar-refractivity contribution < 1.29 is 5.11 Å². The lowest BCUT2D eigenvalue weighted by Crippen LogP contribution is -2.38. The molecule has 1 aliphatic rings. The molecule has 4 aromatic heterocycles. The molecule has 0 spiro atoms. The number of nitrogens with one attached hydrogen (secondary N) is 2. The third kappa shape index (κ3) is 2.99. The Morgan fingerprint density at radius 1 is 1.29 bits per heavy atom. The van der Waals surface area contributed by atoms with Crippen LogP contribution >= 0.6 is 0 Å². The summed E-state index contributed by atoms with van der Waals surface area (Å²) in [4.78, 5) is 16.6. The molecule has 0 atom stereocenters. The van der Waals surface area contributed by atoms with Crippen LogP contribution in [-0.4, -0.2) is 46.3 Å². The lowest BCUT2D eigenvalue weighted by Gasteiger charge is -2.35. The summed E-state index contributed by atoms with van der Waals surface area (Å²) in [5.41, 5.74) is 3.17. The molecule has 3 N–H and O–H groups in total. The number of anilines is 1. The average molecular weight is 377 g/mol. The smallest absolute Gasteiger partial charge is 0.224 e. The van der Waals surface area contributed by atoms with Crippen LogP contribution in [0.15, 0.2) is 37.1 Å². The fourth-order valence-electron chi connectivity index (χ4n) is 4.03. The Labute approximate surface area is 162 Å². The van der Waals surface area contributed by atoms with Gasteiger partial charge in [-0.05, 0) is 44.2 Å². The Kier molecular flexibility index (Phi) is 4.01. The molecule has 0 bridgehead atoms. The van der Waals surface area contributed by atoms with Crippen molar-refractivity contribution in [3.05, 3.63) is 37.1 Å². The van der Waals surface area contributed by atoms with Crippen molar-refractivity contribution in [3.63, 3.8) is 0 Å². The second-order valence-electron chi connectivity index (χ2n) is 7.64. The van der Waals surface area contributed by atoms with E-state index < -0.39 is 5.60 Å². The quantitative estimate of drug-likeness (QED) is 0.505. The summed E-state index contributed by atoms with van der Waals surface area (Å²) in [5, 5.41) is 19.0. The van der Waals surface area contributed by atoms with Crippen molar-refractivity contribution in [2.75, 3.05) is 5.32 Å². The molecule has 1 saturated carbocycles. The van der Waals surface area contributed by atoms with Crippen LogP contribution in [0.2, 0.25) is 0 Å². The van der Waals surface area contributed by atoms with Gasteiger partial charge in [-0.1, -0.05) is 6.92 Å². The number of aromatic nitrogens is 6. The molecule has 0 unspecified atom stereocenters. The van der Waals surface area contributed by atoms with E-state index in [0.717, 1.165) is 59.9 Å². The molecule has 5 rings (SSSR count). The molecular weight excluding hydrogens is 354 g/mol. The summed E-state index contributed by atoms with van der Waals surface area (Å²) >= 11 is 0. The highest BCUT2D eigenvalue weighted by Gasteiger charge is 2.31. The van der Waals surface area contributed by atoms with Crippen molar-refractivity contribution in [3.8, 4) is 11.1 Å². The minimum absolute atomic E-state index is 0.299. The zero-order valence-corrected chi connectivity index (χ0v) is 15.8. The number of aliphatic hydroxyl groups is 1. The van der Waals surface area contributed by atoms with E-state index in [1.165, 1.54) is 0 Å². The number of fused-ring (bicyclic) bond motifs is 2. The van der Waals surface area contributed by atoms with Crippen LogP contribution in [0.25, 0.3) is 27.8 Å². The topological polar surface area (TPSA) is 104 Å². The first-order valence-electron chi connectivity index (χ1n) is 9.76. The van der Waals surface area contributed by atoms with Gasteiger partial charge in [0, 0.05) is 41.1 Å². The van der Waals surface area contributed by atoms with E-state index in [-0.39, 0.29) is 0 Å². The first kappa shape index (κ1) is 17.1. The third-order valence-electron chi connectivity index (χ3n) is 5.92. The molecule has 0 radical (unpaired) electrons. The number of hydrogen-bond donors (Lipinski definition) is 3. The van der Waals surface area contributed by atoms with Crippen molar-refractivity contribution in [1.29, 1.82) is 0 Å². The highest BCUT2D eigenvalue weighted by Crippen LogP contribution is 2.32. The predicted molar refractivity (Wildman–Crippen MR) is 107 cm³/mol. The Balaban J connectivity index is 1.38. The maximum atomic E-state index is 10.4. The van der Waals surface area contributed by atoms with Gasteiger partial charge in [0.15, 0.2) is 5.65 Å². The highest BCUT2D eigenvalue weighted by atomic mass is 16.3. The third-order valence-corrected chi connectivity index (χ3v) is 5.92. The van der Waals surface area contributed by atoms with E-state index in [9.17, 15) is 5.11 Å². The highest BCUT2D eigenvalue weighted by molar-refractivity contribution is 5.93. The predicted octanol–water partition coefficient (Wildman–Crippen LogP) is 3.16. The summed E-state index contributed by atoms with van der Waals surface area (Å²) < 4.78 is 1.76. The molecular formula is C20H23N7O. The fourth-order valence-corrected chi connectivity index (χ4v) is 4.03. The van der Waals surface area contributed by atoms with E-state index in [0.29, 0.717) is 12.0 Å². The standard InChI is InChI=1S/C20H23N7O/c1-2-20(28)7-5-14(6-8-20)25-19-22-10-16-15(9-21-18(16)26-19)13-3-4-17-23-12-24-27(17)11-13/h3-4,9-12,14,28H,2,5-8H2,1H3,(H2,21,22,25,26)/t14-,20+. The van der Waals surface area contributed by atoms with Crippen LogP contribution in [0.3, 0.4) is 0 Å². The molecule has 1 fully saturated rings. The van der Waals surface area contributed by atoms with Gasteiger partial charge in [-0.2, -0.15) is 10.1 Å². The molecule has 4 heterocycles. The van der Waals surface area contributed by atoms with E-state index in [1.807, 2.05) is 37.6 Å². The molecule has 8 nitrogen and oxygen atoms in total. The van der Waals surface area contributed by atoms with Gasteiger partial charge in [-0.15, -0.1) is 0 Å². The summed E-state index contributed by atoms with van der Waals surface area (Å²) in [7, 11) is 0. The van der Waals surface area contributed by atoms with E-state index >= 15 is 0 Å². The van der Waals surface area contributed by atoms with Crippen molar-refractivity contribution >= 4 is 22.6 Å². The molecule has 1 aliphatic carbocycles. The SMILES string of the molecule is CC[C@]1(O)CC[C@@H](Nc2ncc3c(-c4ccc5ncnn5c4)c[nH]c3n2)CC1. The first-order valence-corrected chi connectivity index (χ1v) is 9.76. The van der Waals surface area contributed by atoms with Crippen molar-refractivity contribution in [2.45, 2.75) is 50.7 Å². The molecule has 0 aliphatic heterocycles. The van der Waals surface area contributed by atoms with Gasteiger partial charge in [-0.25, -0.2) is 14.5 Å². The number of aromatic amines is 1. The Hall–Kier alpha value is -3.00. The molecule has 0 amide bonds. The second-order valence-corrected chi connectivity index (χ2v) is 7.64. The number of pyridine rings is 1. The summed E-state index contributed by atoms with van der Waals surface area (Å²) in [6.07, 6.45) is 11.6. The lowest BCUT2D eigenvalue weighted by molar-refractivity contribution is -0.00197. The van der Waals surface area contributed by atoms with Gasteiger partial charge < -0.3 is 15.4 Å². The van der Waals surface area contributed by atoms with Gasteiger partial charge in [-0.3, -0.25) is 0 Å². The molecule has 4 aromatic rings. The summed E-state index contributed by atoms with van der Waals surface area (Å²) in [6.45, 7) is 2.05. The van der Waals surface area contributed by atoms with E-state index in [2.05, 4.69) is 30.4 Å². The zero-order chi connectivity index (χ0) is 19.1. The van der Waals surface area contributed by atoms with Gasteiger partial charge in [0.05, 0.1) is 5.60 Å². The van der Waals surface area contributed by atoms with Gasteiger partial charge in [0.25, 0.3) is 0 Å². The Morgan fingerprint density at radius 2 is 2.14 bits per heavy atom. The lowest BCUT2D eigenvalue weighted by atomic mass is 9.80. The van der Waals surface area contributed by atoms with E-state index in [4.69, 9.17) is 0 Å². The molecule has 8 heteroatoms. The number of rotatable bonds is 4. The van der Waals surface area contributed by atoms with Gasteiger partial charge in [0.2, 0.25) is 5.95 Å². The molecule has 144 valence electrons. The Bertz CT molecular complexity index is 1120. The van der Waals surface area contributed by atoms with Crippen LogP contribution in [0, 0.1) is 0 Å². The minimum Gasteiger partial charge on any atom is -0.390 e. The van der Waals surface area contributed by atoms with Crippen molar-refractivity contribution in [1.82, 2.24) is 29.5 Å². The Morgan fingerprint density at radius 3 is 2.96 bits per heavy atom. The van der Waals surface area contributed by atoms with Gasteiger partial charge in [0.1, 0.15) is 12.0 Å². The monoisotopic (exact) mass is 377 g/mol. The van der Waals surface area contributed by atoms with Gasteiger partial charge >= 0.3 is 0 Å². The molecule has 28 heavy (non-hydrogen) atoms. The van der Waals surface area contributed by atoms with Crippen molar-refractivity contribution in [2.24, 2.45) is 0 Å².